The van der Waals surface area contributed by atoms with Crippen molar-refractivity contribution in [2.24, 2.45) is 5.73 Å². The SMILES string of the molecule is CCCCCCCCCCCCOCC(OCCCCCCCCCCCC)C(C)N. The Bertz CT molecular complexity index is 322. The summed E-state index contributed by atoms with van der Waals surface area (Å²) in [5, 5.41) is 0. The first-order valence-corrected chi connectivity index (χ1v) is 14.2. The van der Waals surface area contributed by atoms with E-state index in [9.17, 15) is 0 Å². The van der Waals surface area contributed by atoms with Gasteiger partial charge in [0.25, 0.3) is 0 Å². The molecule has 31 heavy (non-hydrogen) atoms. The molecule has 0 aromatic rings. The second-order valence-corrected chi connectivity index (χ2v) is 9.71. The van der Waals surface area contributed by atoms with Crippen LogP contribution >= 0.6 is 0 Å². The minimum Gasteiger partial charge on any atom is -0.379 e. The molecule has 0 bridgehead atoms. The molecule has 188 valence electrons. The van der Waals surface area contributed by atoms with Crippen molar-refractivity contribution in [1.29, 1.82) is 0 Å². The Morgan fingerprint density at radius 2 is 0.871 bits per heavy atom. The summed E-state index contributed by atoms with van der Waals surface area (Å²) < 4.78 is 11.9. The highest BCUT2D eigenvalue weighted by Gasteiger charge is 2.14. The lowest BCUT2D eigenvalue weighted by atomic mass is 10.1. The van der Waals surface area contributed by atoms with Gasteiger partial charge in [-0.2, -0.15) is 0 Å². The van der Waals surface area contributed by atoms with Crippen LogP contribution in [-0.2, 0) is 9.47 Å². The molecular weight excluding hydrogens is 382 g/mol. The molecule has 2 atom stereocenters. The number of unbranched alkanes of at least 4 members (excludes halogenated alkanes) is 18. The van der Waals surface area contributed by atoms with Crippen molar-refractivity contribution < 1.29 is 9.47 Å². The number of hydrogen-bond donors (Lipinski definition) is 1. The van der Waals surface area contributed by atoms with E-state index < -0.39 is 0 Å². The molecule has 0 aliphatic heterocycles. The van der Waals surface area contributed by atoms with Gasteiger partial charge in [-0.25, -0.2) is 0 Å². The predicted molar refractivity (Wildman–Crippen MR) is 138 cm³/mol. The summed E-state index contributed by atoms with van der Waals surface area (Å²) >= 11 is 0. The van der Waals surface area contributed by atoms with E-state index in [-0.39, 0.29) is 12.1 Å². The van der Waals surface area contributed by atoms with Crippen molar-refractivity contribution in [3.63, 3.8) is 0 Å². The van der Waals surface area contributed by atoms with E-state index in [0.717, 1.165) is 19.6 Å². The van der Waals surface area contributed by atoms with E-state index in [4.69, 9.17) is 15.2 Å². The molecule has 2 unspecified atom stereocenters. The monoisotopic (exact) mass is 441 g/mol. The third-order valence-electron chi connectivity index (χ3n) is 6.34. The van der Waals surface area contributed by atoms with Gasteiger partial charge in [0, 0.05) is 19.3 Å². The molecule has 0 radical (unpaired) electrons. The summed E-state index contributed by atoms with van der Waals surface area (Å²) in [6.07, 6.45) is 27.2. The van der Waals surface area contributed by atoms with Crippen LogP contribution in [0.1, 0.15) is 149 Å². The van der Waals surface area contributed by atoms with E-state index in [1.165, 1.54) is 122 Å². The molecule has 0 fully saturated rings. The average Bonchev–Trinajstić information content (AvgIpc) is 2.76. The van der Waals surface area contributed by atoms with E-state index in [1.54, 1.807) is 0 Å². The maximum atomic E-state index is 6.10. The highest BCUT2D eigenvalue weighted by atomic mass is 16.5. The number of nitrogens with two attached hydrogens (primary N) is 1. The summed E-state index contributed by atoms with van der Waals surface area (Å²) in [6, 6.07) is 0.0378. The summed E-state index contributed by atoms with van der Waals surface area (Å²) in [4.78, 5) is 0. The number of hydrogen-bond acceptors (Lipinski definition) is 3. The maximum Gasteiger partial charge on any atom is 0.0956 e. The van der Waals surface area contributed by atoms with Crippen molar-refractivity contribution in [2.75, 3.05) is 19.8 Å². The lowest BCUT2D eigenvalue weighted by Crippen LogP contribution is -2.38. The fourth-order valence-corrected chi connectivity index (χ4v) is 4.07. The van der Waals surface area contributed by atoms with Gasteiger partial charge in [0.1, 0.15) is 0 Å². The van der Waals surface area contributed by atoms with Crippen molar-refractivity contribution in [3.8, 4) is 0 Å². The summed E-state index contributed by atoms with van der Waals surface area (Å²) in [7, 11) is 0. The Kier molecular flexibility index (Phi) is 26.0. The molecule has 0 aliphatic carbocycles. The number of ether oxygens (including phenoxy) is 2. The fourth-order valence-electron chi connectivity index (χ4n) is 4.07. The standard InChI is InChI=1S/C28H59NO2/c1-4-6-8-10-12-14-16-18-20-22-24-30-26-28(27(3)29)31-25-23-21-19-17-15-13-11-9-7-5-2/h27-28H,4-26,29H2,1-3H3. The van der Waals surface area contributed by atoms with Crippen LogP contribution in [0.2, 0.25) is 0 Å². The third kappa shape index (κ3) is 24.4. The van der Waals surface area contributed by atoms with Crippen LogP contribution in [0.15, 0.2) is 0 Å². The third-order valence-corrected chi connectivity index (χ3v) is 6.34. The van der Waals surface area contributed by atoms with Crippen LogP contribution in [0.3, 0.4) is 0 Å². The van der Waals surface area contributed by atoms with Gasteiger partial charge < -0.3 is 15.2 Å². The zero-order chi connectivity index (χ0) is 22.8. The van der Waals surface area contributed by atoms with Crippen LogP contribution in [0, 0.1) is 0 Å². The first-order valence-electron chi connectivity index (χ1n) is 14.2. The largest absolute Gasteiger partial charge is 0.379 e. The summed E-state index contributed by atoms with van der Waals surface area (Å²) in [5.41, 5.74) is 6.10. The van der Waals surface area contributed by atoms with Gasteiger partial charge in [0.05, 0.1) is 12.7 Å². The molecule has 0 saturated heterocycles. The predicted octanol–water partition coefficient (Wildman–Crippen LogP) is 8.58. The summed E-state index contributed by atoms with van der Waals surface area (Å²) in [5.74, 6) is 0. The normalized spacial score (nSPS) is 13.5. The smallest absolute Gasteiger partial charge is 0.0956 e. The maximum absolute atomic E-state index is 6.10. The Morgan fingerprint density at radius 1 is 0.516 bits per heavy atom. The Labute approximate surface area is 196 Å². The molecule has 0 heterocycles. The quantitative estimate of drug-likeness (QED) is 0.137. The fraction of sp³-hybridized carbons (Fsp3) is 1.00. The highest BCUT2D eigenvalue weighted by molar-refractivity contribution is 4.68. The zero-order valence-corrected chi connectivity index (χ0v) is 21.8. The van der Waals surface area contributed by atoms with Crippen LogP contribution in [0.25, 0.3) is 0 Å². The van der Waals surface area contributed by atoms with Gasteiger partial charge >= 0.3 is 0 Å². The second kappa shape index (κ2) is 26.1. The average molecular weight is 442 g/mol. The number of rotatable bonds is 26. The van der Waals surface area contributed by atoms with Crippen LogP contribution < -0.4 is 5.73 Å². The molecule has 3 heteroatoms. The Hall–Kier alpha value is -0.120. The van der Waals surface area contributed by atoms with Gasteiger partial charge in [-0.3, -0.25) is 0 Å². The van der Waals surface area contributed by atoms with E-state index in [2.05, 4.69) is 13.8 Å². The van der Waals surface area contributed by atoms with Gasteiger partial charge in [-0.15, -0.1) is 0 Å². The minimum atomic E-state index is 0.0378. The second-order valence-electron chi connectivity index (χ2n) is 9.71. The van der Waals surface area contributed by atoms with E-state index in [0.29, 0.717) is 6.61 Å². The molecule has 0 aromatic heterocycles. The summed E-state index contributed by atoms with van der Waals surface area (Å²) in [6.45, 7) is 8.91. The van der Waals surface area contributed by atoms with Crippen molar-refractivity contribution in [1.82, 2.24) is 0 Å². The molecule has 0 rings (SSSR count). The van der Waals surface area contributed by atoms with E-state index >= 15 is 0 Å². The zero-order valence-electron chi connectivity index (χ0n) is 21.8. The molecule has 0 saturated carbocycles. The van der Waals surface area contributed by atoms with Crippen molar-refractivity contribution in [2.45, 2.75) is 161 Å². The first kappa shape index (κ1) is 30.9. The van der Waals surface area contributed by atoms with E-state index in [1.807, 2.05) is 6.92 Å². The first-order chi connectivity index (χ1) is 15.2. The molecule has 0 amide bonds. The topological polar surface area (TPSA) is 44.5 Å². The molecule has 3 nitrogen and oxygen atoms in total. The van der Waals surface area contributed by atoms with Gasteiger partial charge in [0.2, 0.25) is 0 Å². The highest BCUT2D eigenvalue weighted by Crippen LogP contribution is 2.12. The van der Waals surface area contributed by atoms with Crippen LogP contribution in [-0.4, -0.2) is 32.0 Å². The van der Waals surface area contributed by atoms with Crippen molar-refractivity contribution >= 4 is 0 Å². The minimum absolute atomic E-state index is 0.0378. The molecule has 2 N–H and O–H groups in total. The molecule has 0 spiro atoms. The Balaban J connectivity index is 3.42. The van der Waals surface area contributed by atoms with Gasteiger partial charge in [-0.1, -0.05) is 129 Å². The van der Waals surface area contributed by atoms with Crippen LogP contribution in [0.4, 0.5) is 0 Å². The van der Waals surface area contributed by atoms with Crippen LogP contribution in [0.5, 0.6) is 0 Å². The lowest BCUT2D eigenvalue weighted by Gasteiger charge is -2.21. The molecule has 0 aliphatic rings. The van der Waals surface area contributed by atoms with Gasteiger partial charge in [-0.05, 0) is 19.8 Å². The lowest BCUT2D eigenvalue weighted by molar-refractivity contribution is -0.0280. The van der Waals surface area contributed by atoms with Crippen molar-refractivity contribution in [3.05, 3.63) is 0 Å². The molecular formula is C28H59NO2. The van der Waals surface area contributed by atoms with Gasteiger partial charge in [0.15, 0.2) is 0 Å². The molecule has 0 aromatic carbocycles. The Morgan fingerprint density at radius 3 is 1.26 bits per heavy atom.